The highest BCUT2D eigenvalue weighted by molar-refractivity contribution is 5.77. The Hall–Kier alpha value is -1.08. The number of amides is 1. The van der Waals surface area contributed by atoms with Crippen molar-refractivity contribution in [2.75, 3.05) is 13.2 Å². The lowest BCUT2D eigenvalue weighted by atomic mass is 10.3. The molecule has 1 N–H and O–H groups in total. The van der Waals surface area contributed by atoms with Crippen LogP contribution in [-0.2, 0) is 9.53 Å². The lowest BCUT2D eigenvalue weighted by molar-refractivity contribution is -0.120. The van der Waals surface area contributed by atoms with Gasteiger partial charge in [0.15, 0.2) is 6.19 Å². The van der Waals surface area contributed by atoms with Crippen LogP contribution in [0.4, 0.5) is 0 Å². The van der Waals surface area contributed by atoms with E-state index in [1.54, 1.807) is 6.19 Å². The maximum atomic E-state index is 10.6. The SMILES string of the molecule is CCOCCCC(=O)NC#N. The van der Waals surface area contributed by atoms with E-state index in [2.05, 4.69) is 0 Å². The van der Waals surface area contributed by atoms with Crippen LogP contribution < -0.4 is 5.32 Å². The first kappa shape index (κ1) is 9.92. The molecule has 0 aromatic rings. The van der Waals surface area contributed by atoms with Crippen molar-refractivity contribution in [3.63, 3.8) is 0 Å². The Balaban J connectivity index is 3.12. The first-order chi connectivity index (χ1) is 5.31. The summed E-state index contributed by atoms with van der Waals surface area (Å²) in [7, 11) is 0. The number of hydrogen-bond acceptors (Lipinski definition) is 3. The van der Waals surface area contributed by atoms with Crippen LogP contribution in [0.2, 0.25) is 0 Å². The minimum absolute atomic E-state index is 0.243. The van der Waals surface area contributed by atoms with Gasteiger partial charge >= 0.3 is 0 Å². The summed E-state index contributed by atoms with van der Waals surface area (Å²) in [5.74, 6) is -0.243. The molecule has 0 aliphatic carbocycles. The molecule has 0 spiro atoms. The largest absolute Gasteiger partial charge is 0.382 e. The molecule has 0 aromatic heterocycles. The molecule has 1 amide bonds. The van der Waals surface area contributed by atoms with Crippen molar-refractivity contribution in [3.8, 4) is 6.19 Å². The second kappa shape index (κ2) is 7.03. The lowest BCUT2D eigenvalue weighted by Gasteiger charge is -1.98. The van der Waals surface area contributed by atoms with Gasteiger partial charge in [0.05, 0.1) is 0 Å². The molecule has 0 atom stereocenters. The zero-order chi connectivity index (χ0) is 8.53. The van der Waals surface area contributed by atoms with E-state index < -0.39 is 0 Å². The van der Waals surface area contributed by atoms with Crippen molar-refractivity contribution < 1.29 is 9.53 Å². The predicted molar refractivity (Wildman–Crippen MR) is 39.5 cm³/mol. The van der Waals surface area contributed by atoms with Crippen LogP contribution >= 0.6 is 0 Å². The normalized spacial score (nSPS) is 8.73. The van der Waals surface area contributed by atoms with Crippen LogP contribution in [0.15, 0.2) is 0 Å². The van der Waals surface area contributed by atoms with Crippen LogP contribution in [0, 0.1) is 11.5 Å². The summed E-state index contributed by atoms with van der Waals surface area (Å²) < 4.78 is 5.00. The number of ether oxygens (including phenoxy) is 1. The van der Waals surface area contributed by atoms with Gasteiger partial charge in [-0.1, -0.05) is 0 Å². The summed E-state index contributed by atoms with van der Waals surface area (Å²) in [6.07, 6.45) is 2.59. The minimum Gasteiger partial charge on any atom is -0.382 e. The van der Waals surface area contributed by atoms with Crippen LogP contribution in [-0.4, -0.2) is 19.1 Å². The molecule has 0 bridgehead atoms. The van der Waals surface area contributed by atoms with Gasteiger partial charge in [-0.25, -0.2) is 0 Å². The van der Waals surface area contributed by atoms with E-state index in [1.165, 1.54) is 0 Å². The monoisotopic (exact) mass is 156 g/mol. The number of nitriles is 1. The molecule has 4 heteroatoms. The highest BCUT2D eigenvalue weighted by atomic mass is 16.5. The predicted octanol–water partition coefficient (Wildman–Crippen LogP) is 0.400. The van der Waals surface area contributed by atoms with Crippen molar-refractivity contribution in [2.24, 2.45) is 0 Å². The Kier molecular flexibility index (Phi) is 6.34. The van der Waals surface area contributed by atoms with E-state index in [0.717, 1.165) is 0 Å². The smallest absolute Gasteiger partial charge is 0.233 e. The lowest BCUT2D eigenvalue weighted by Crippen LogP contribution is -2.17. The molecule has 0 saturated heterocycles. The van der Waals surface area contributed by atoms with Crippen LogP contribution in [0.25, 0.3) is 0 Å². The number of carbonyl (C=O) groups is 1. The van der Waals surface area contributed by atoms with Gasteiger partial charge < -0.3 is 4.74 Å². The summed E-state index contributed by atoms with van der Waals surface area (Å²) in [5, 5.41) is 10.1. The standard InChI is InChI=1S/C7H12N2O2/c1-2-11-5-3-4-7(10)9-6-8/h2-5H2,1H3,(H,9,10). The third kappa shape index (κ3) is 6.81. The quantitative estimate of drug-likeness (QED) is 0.356. The second-order valence-electron chi connectivity index (χ2n) is 1.96. The Morgan fingerprint density at radius 3 is 3.00 bits per heavy atom. The fraction of sp³-hybridized carbons (Fsp3) is 0.714. The van der Waals surface area contributed by atoms with Crippen LogP contribution in [0.3, 0.4) is 0 Å². The highest BCUT2D eigenvalue weighted by Gasteiger charge is 1.97. The topological polar surface area (TPSA) is 62.1 Å². The summed E-state index contributed by atoms with van der Waals surface area (Å²) >= 11 is 0. The van der Waals surface area contributed by atoms with Crippen molar-refractivity contribution in [3.05, 3.63) is 0 Å². The number of rotatable bonds is 5. The Bertz CT molecular complexity index is 151. The molecule has 0 aliphatic rings. The first-order valence-corrected chi connectivity index (χ1v) is 3.57. The fourth-order valence-electron chi connectivity index (χ4n) is 0.604. The van der Waals surface area contributed by atoms with Gasteiger partial charge in [-0.15, -0.1) is 0 Å². The molecule has 0 radical (unpaired) electrons. The zero-order valence-electron chi connectivity index (χ0n) is 6.59. The van der Waals surface area contributed by atoms with Crippen molar-refractivity contribution in [1.82, 2.24) is 5.32 Å². The maximum Gasteiger partial charge on any atom is 0.233 e. The third-order valence-corrected chi connectivity index (χ3v) is 1.09. The van der Waals surface area contributed by atoms with Crippen molar-refractivity contribution >= 4 is 5.91 Å². The van der Waals surface area contributed by atoms with Crippen molar-refractivity contribution in [1.29, 1.82) is 5.26 Å². The average molecular weight is 156 g/mol. The van der Waals surface area contributed by atoms with Gasteiger partial charge in [0, 0.05) is 19.6 Å². The molecule has 4 nitrogen and oxygen atoms in total. The van der Waals surface area contributed by atoms with Crippen molar-refractivity contribution in [2.45, 2.75) is 19.8 Å². The van der Waals surface area contributed by atoms with Gasteiger partial charge in [0.1, 0.15) is 0 Å². The van der Waals surface area contributed by atoms with E-state index in [1.807, 2.05) is 12.2 Å². The van der Waals surface area contributed by atoms with Gasteiger partial charge in [0.25, 0.3) is 0 Å². The van der Waals surface area contributed by atoms with Gasteiger partial charge in [-0.3, -0.25) is 10.1 Å². The van der Waals surface area contributed by atoms with E-state index in [-0.39, 0.29) is 5.91 Å². The summed E-state index contributed by atoms with van der Waals surface area (Å²) in [6.45, 7) is 3.14. The Labute approximate surface area is 66.1 Å². The number of carbonyl (C=O) groups excluding carboxylic acids is 1. The summed E-state index contributed by atoms with van der Waals surface area (Å²) in [5.41, 5.74) is 0. The molecule has 0 rings (SSSR count). The Morgan fingerprint density at radius 2 is 2.45 bits per heavy atom. The molecule has 0 aromatic carbocycles. The molecule has 0 saturated carbocycles. The molecule has 11 heavy (non-hydrogen) atoms. The zero-order valence-corrected chi connectivity index (χ0v) is 6.59. The highest BCUT2D eigenvalue weighted by Crippen LogP contribution is 1.89. The van der Waals surface area contributed by atoms with E-state index in [0.29, 0.717) is 26.1 Å². The minimum atomic E-state index is -0.243. The van der Waals surface area contributed by atoms with E-state index >= 15 is 0 Å². The number of nitrogens with one attached hydrogen (secondary N) is 1. The van der Waals surface area contributed by atoms with Gasteiger partial charge in [0.2, 0.25) is 5.91 Å². The molecule has 0 unspecified atom stereocenters. The molecule has 0 fully saturated rings. The van der Waals surface area contributed by atoms with Gasteiger partial charge in [-0.05, 0) is 13.3 Å². The number of nitrogens with zero attached hydrogens (tertiary/aromatic N) is 1. The van der Waals surface area contributed by atoms with E-state index in [4.69, 9.17) is 10.00 Å². The van der Waals surface area contributed by atoms with Crippen LogP contribution in [0.1, 0.15) is 19.8 Å². The maximum absolute atomic E-state index is 10.6. The molecule has 0 aliphatic heterocycles. The molecular weight excluding hydrogens is 144 g/mol. The van der Waals surface area contributed by atoms with Gasteiger partial charge in [-0.2, -0.15) is 5.26 Å². The number of hydrogen-bond donors (Lipinski definition) is 1. The molecule has 0 heterocycles. The summed E-state index contributed by atoms with van der Waals surface area (Å²) in [6, 6.07) is 0. The molecular formula is C7H12N2O2. The summed E-state index contributed by atoms with van der Waals surface area (Å²) in [4.78, 5) is 10.6. The van der Waals surface area contributed by atoms with E-state index in [9.17, 15) is 4.79 Å². The van der Waals surface area contributed by atoms with Crippen LogP contribution in [0.5, 0.6) is 0 Å². The second-order valence-corrected chi connectivity index (χ2v) is 1.96. The third-order valence-electron chi connectivity index (χ3n) is 1.09. The first-order valence-electron chi connectivity index (χ1n) is 3.57. The molecule has 62 valence electrons. The fourth-order valence-corrected chi connectivity index (χ4v) is 0.604. The average Bonchev–Trinajstić information content (AvgIpc) is 1.99. The Morgan fingerprint density at radius 1 is 1.73 bits per heavy atom.